The van der Waals surface area contributed by atoms with Gasteiger partial charge in [0, 0.05) is 31.0 Å². The molecule has 1 aromatic heterocycles. The van der Waals surface area contributed by atoms with Crippen LogP contribution in [0, 0.1) is 5.82 Å². The number of pyridine rings is 1. The minimum absolute atomic E-state index is 0.111. The lowest BCUT2D eigenvalue weighted by atomic mass is 9.99. The van der Waals surface area contributed by atoms with Crippen LogP contribution < -0.4 is 10.6 Å². The number of hydrogen-bond donors (Lipinski definition) is 3. The Morgan fingerprint density at radius 2 is 1.56 bits per heavy atom. The van der Waals surface area contributed by atoms with Gasteiger partial charge in [0.2, 0.25) is 0 Å². The molecule has 0 spiro atoms. The number of alkyl carbamates (subject to hydrolysis) is 1. The number of aromatic nitrogens is 1. The molecule has 7 nitrogen and oxygen atoms in total. The second kappa shape index (κ2) is 14.7. The van der Waals surface area contributed by atoms with Crippen molar-refractivity contribution in [1.82, 2.24) is 15.6 Å². The fourth-order valence-electron chi connectivity index (χ4n) is 2.78. The van der Waals surface area contributed by atoms with Gasteiger partial charge in [-0.05, 0) is 63.4 Å². The maximum atomic E-state index is 13.1. The minimum Gasteiger partial charge on any atom is -0.478 e. The molecule has 186 valence electrons. The predicted molar refractivity (Wildman–Crippen MR) is 133 cm³/mol. The van der Waals surface area contributed by atoms with Gasteiger partial charge in [0.1, 0.15) is 11.4 Å². The standard InChI is InChI=1S/C17H17FN2O2.C9H19NO2/c1-2-9-20-16(13-7-10-19-11-8-13)15(17(21)22)12-3-5-14(18)6-4-12;1-5-6-7-10-8(11)12-9(2,3)4/h3-8,10-11,20H,2,9H2,1H3,(H,21,22);5-7H2,1-4H3,(H,10,11)/b16-15-;. The van der Waals surface area contributed by atoms with E-state index < -0.39 is 17.4 Å². The Bertz CT molecular complexity index is 923. The molecule has 34 heavy (non-hydrogen) atoms. The van der Waals surface area contributed by atoms with Crippen LogP contribution in [0.3, 0.4) is 0 Å². The summed E-state index contributed by atoms with van der Waals surface area (Å²) in [4.78, 5) is 26.7. The number of rotatable bonds is 9. The smallest absolute Gasteiger partial charge is 0.407 e. The van der Waals surface area contributed by atoms with E-state index >= 15 is 0 Å². The Morgan fingerprint density at radius 1 is 0.941 bits per heavy atom. The highest BCUT2D eigenvalue weighted by atomic mass is 19.1. The minimum atomic E-state index is -1.07. The Labute approximate surface area is 201 Å². The Kier molecular flexibility index (Phi) is 12.3. The molecule has 0 fully saturated rings. The Morgan fingerprint density at radius 3 is 2.06 bits per heavy atom. The fraction of sp³-hybridized carbons (Fsp3) is 0.423. The topological polar surface area (TPSA) is 101 Å². The number of benzene rings is 1. The van der Waals surface area contributed by atoms with Crippen molar-refractivity contribution in [3.63, 3.8) is 0 Å². The van der Waals surface area contributed by atoms with Gasteiger partial charge in [0.25, 0.3) is 0 Å². The van der Waals surface area contributed by atoms with Crippen LogP contribution in [0.5, 0.6) is 0 Å². The number of aliphatic carboxylic acids is 1. The highest BCUT2D eigenvalue weighted by molar-refractivity contribution is 6.23. The van der Waals surface area contributed by atoms with Crippen molar-refractivity contribution in [1.29, 1.82) is 0 Å². The molecule has 0 radical (unpaired) electrons. The third kappa shape index (κ3) is 10.9. The lowest BCUT2D eigenvalue weighted by Crippen LogP contribution is -2.32. The Balaban J connectivity index is 0.000000411. The van der Waals surface area contributed by atoms with Gasteiger partial charge in [-0.3, -0.25) is 4.98 Å². The van der Waals surface area contributed by atoms with Crippen LogP contribution in [0.15, 0.2) is 48.8 Å². The van der Waals surface area contributed by atoms with Crippen molar-refractivity contribution in [2.24, 2.45) is 0 Å². The van der Waals surface area contributed by atoms with Gasteiger partial charge < -0.3 is 20.5 Å². The number of hydrogen-bond acceptors (Lipinski definition) is 5. The molecule has 0 bridgehead atoms. The first-order valence-corrected chi connectivity index (χ1v) is 11.4. The average molecular weight is 474 g/mol. The van der Waals surface area contributed by atoms with E-state index in [0.29, 0.717) is 24.4 Å². The van der Waals surface area contributed by atoms with Crippen LogP contribution in [0.1, 0.15) is 65.0 Å². The number of amides is 1. The van der Waals surface area contributed by atoms with Crippen molar-refractivity contribution in [3.05, 3.63) is 65.7 Å². The molecular formula is C26H36FN3O4. The van der Waals surface area contributed by atoms with Crippen LogP contribution >= 0.6 is 0 Å². The van der Waals surface area contributed by atoms with E-state index in [1.54, 1.807) is 24.5 Å². The number of carboxylic acids is 1. The zero-order valence-electron chi connectivity index (χ0n) is 20.7. The molecule has 2 aromatic rings. The van der Waals surface area contributed by atoms with Crippen LogP contribution in [-0.4, -0.2) is 40.8 Å². The predicted octanol–water partition coefficient (Wildman–Crippen LogP) is 5.48. The normalized spacial score (nSPS) is 11.5. The summed E-state index contributed by atoms with van der Waals surface area (Å²) in [5.74, 6) is -1.47. The highest BCUT2D eigenvalue weighted by Gasteiger charge is 2.18. The van der Waals surface area contributed by atoms with Crippen LogP contribution in [0.25, 0.3) is 11.3 Å². The van der Waals surface area contributed by atoms with Gasteiger partial charge in [-0.1, -0.05) is 32.4 Å². The van der Waals surface area contributed by atoms with Crippen LogP contribution in [0.4, 0.5) is 9.18 Å². The molecule has 0 saturated heterocycles. The number of carboxylic acid groups (broad SMARTS) is 1. The number of unbranched alkanes of at least 4 members (excludes halogenated alkanes) is 1. The molecule has 1 aromatic carbocycles. The average Bonchev–Trinajstić information content (AvgIpc) is 2.77. The number of halogens is 1. The number of nitrogens with one attached hydrogen (secondary N) is 2. The second-order valence-corrected chi connectivity index (χ2v) is 8.51. The molecule has 1 amide bonds. The number of carbonyl (C=O) groups is 2. The quantitative estimate of drug-likeness (QED) is 0.329. The lowest BCUT2D eigenvalue weighted by molar-refractivity contribution is -0.130. The summed E-state index contributed by atoms with van der Waals surface area (Å²) in [6, 6.07) is 8.92. The maximum Gasteiger partial charge on any atom is 0.407 e. The van der Waals surface area contributed by atoms with Gasteiger partial charge in [0.15, 0.2) is 0 Å². The van der Waals surface area contributed by atoms with Crippen molar-refractivity contribution in [2.75, 3.05) is 13.1 Å². The third-order valence-corrected chi connectivity index (χ3v) is 4.32. The summed E-state index contributed by atoms with van der Waals surface area (Å²) in [5, 5.41) is 15.5. The SMILES string of the molecule is CCCCNC(=O)OC(C)(C)C.CCCN/C(=C(\C(=O)O)c1ccc(F)cc1)c1ccncc1. The molecule has 8 heteroatoms. The van der Waals surface area contributed by atoms with E-state index in [0.717, 1.165) is 24.8 Å². The zero-order chi connectivity index (χ0) is 25.6. The van der Waals surface area contributed by atoms with Gasteiger partial charge in [-0.25, -0.2) is 14.0 Å². The van der Waals surface area contributed by atoms with E-state index in [-0.39, 0.29) is 11.7 Å². The van der Waals surface area contributed by atoms with Crippen LogP contribution in [0.2, 0.25) is 0 Å². The molecule has 0 aliphatic rings. The highest BCUT2D eigenvalue weighted by Crippen LogP contribution is 2.25. The summed E-state index contributed by atoms with van der Waals surface area (Å²) < 4.78 is 18.1. The number of nitrogens with zero attached hydrogens (tertiary/aromatic N) is 1. The number of ether oxygens (including phenoxy) is 1. The van der Waals surface area contributed by atoms with E-state index in [2.05, 4.69) is 22.5 Å². The lowest BCUT2D eigenvalue weighted by Gasteiger charge is -2.19. The van der Waals surface area contributed by atoms with Crippen molar-refractivity contribution >= 4 is 23.3 Å². The van der Waals surface area contributed by atoms with Crippen LogP contribution in [-0.2, 0) is 9.53 Å². The molecule has 0 saturated carbocycles. The van der Waals surface area contributed by atoms with E-state index in [4.69, 9.17) is 4.74 Å². The van der Waals surface area contributed by atoms with Gasteiger partial charge in [0.05, 0.1) is 11.3 Å². The van der Waals surface area contributed by atoms with E-state index in [9.17, 15) is 19.1 Å². The Hall–Kier alpha value is -3.42. The summed E-state index contributed by atoms with van der Waals surface area (Å²) in [5.41, 5.74) is 1.40. The first kappa shape index (κ1) is 28.6. The van der Waals surface area contributed by atoms with E-state index in [1.165, 1.54) is 24.3 Å². The molecular weight excluding hydrogens is 437 g/mol. The zero-order valence-corrected chi connectivity index (χ0v) is 20.7. The molecule has 0 atom stereocenters. The molecule has 0 unspecified atom stereocenters. The molecule has 1 heterocycles. The van der Waals surface area contributed by atoms with Gasteiger partial charge in [-0.15, -0.1) is 0 Å². The number of carbonyl (C=O) groups excluding carboxylic acids is 1. The first-order chi connectivity index (χ1) is 16.1. The molecule has 0 aliphatic heterocycles. The van der Waals surface area contributed by atoms with Crippen molar-refractivity contribution in [2.45, 2.75) is 59.5 Å². The monoisotopic (exact) mass is 473 g/mol. The molecule has 2 rings (SSSR count). The van der Waals surface area contributed by atoms with Gasteiger partial charge in [-0.2, -0.15) is 0 Å². The summed E-state index contributed by atoms with van der Waals surface area (Å²) in [6.07, 6.45) is 5.82. The summed E-state index contributed by atoms with van der Waals surface area (Å²) >= 11 is 0. The molecule has 0 aliphatic carbocycles. The third-order valence-electron chi connectivity index (χ3n) is 4.32. The first-order valence-electron chi connectivity index (χ1n) is 11.4. The summed E-state index contributed by atoms with van der Waals surface area (Å²) in [6.45, 7) is 11.0. The second-order valence-electron chi connectivity index (χ2n) is 8.51. The van der Waals surface area contributed by atoms with E-state index in [1.807, 2.05) is 27.7 Å². The maximum absolute atomic E-state index is 13.1. The van der Waals surface area contributed by atoms with Crippen molar-refractivity contribution < 1.29 is 23.8 Å². The largest absolute Gasteiger partial charge is 0.478 e. The van der Waals surface area contributed by atoms with Gasteiger partial charge >= 0.3 is 12.1 Å². The molecule has 3 N–H and O–H groups in total. The fourth-order valence-corrected chi connectivity index (χ4v) is 2.78. The summed E-state index contributed by atoms with van der Waals surface area (Å²) in [7, 11) is 0. The van der Waals surface area contributed by atoms with Crippen molar-refractivity contribution in [3.8, 4) is 0 Å².